The van der Waals surface area contributed by atoms with Gasteiger partial charge in [-0.05, 0) is 68.9 Å². The molecule has 0 aliphatic heterocycles. The molecule has 0 unspecified atom stereocenters. The summed E-state index contributed by atoms with van der Waals surface area (Å²) in [7, 11) is 1.61. The van der Waals surface area contributed by atoms with Crippen molar-refractivity contribution >= 4 is 40.6 Å². The molecule has 0 radical (unpaired) electrons. The number of rotatable bonds is 8. The van der Waals surface area contributed by atoms with Crippen molar-refractivity contribution in [2.24, 2.45) is 0 Å². The number of carbonyl (C=O) groups excluding carboxylic acids is 1. The molecule has 0 aromatic heterocycles. The Morgan fingerprint density at radius 2 is 1.93 bits per heavy atom. The zero-order valence-electron chi connectivity index (χ0n) is 16.9. The summed E-state index contributed by atoms with van der Waals surface area (Å²) in [5.41, 5.74) is 1.96. The predicted molar refractivity (Wildman–Crippen MR) is 119 cm³/mol. The van der Waals surface area contributed by atoms with Crippen molar-refractivity contribution in [1.29, 1.82) is 0 Å². The van der Waals surface area contributed by atoms with Crippen molar-refractivity contribution in [3.05, 3.63) is 52.5 Å². The van der Waals surface area contributed by atoms with Crippen LogP contribution in [-0.4, -0.2) is 30.9 Å². The summed E-state index contributed by atoms with van der Waals surface area (Å²) in [5.74, 6) is 0.907. The molecule has 0 fully saturated rings. The maximum Gasteiger partial charge on any atom is 0.339 e. The highest BCUT2D eigenvalue weighted by Gasteiger charge is 2.12. The van der Waals surface area contributed by atoms with E-state index in [0.717, 1.165) is 5.56 Å². The van der Waals surface area contributed by atoms with Crippen LogP contribution in [0.4, 0.5) is 5.69 Å². The Hall–Kier alpha value is -2.51. The Morgan fingerprint density at radius 3 is 2.55 bits per heavy atom. The first-order valence-electron chi connectivity index (χ1n) is 9.19. The maximum atomic E-state index is 11.8. The number of benzene rings is 2. The fraction of sp³-hybridized carbons (Fsp3) is 0.333. The molecule has 0 saturated heterocycles. The zero-order valence-corrected chi connectivity index (χ0v) is 18.4. The molecule has 0 aliphatic carbocycles. The number of methoxy groups -OCH3 is 1. The topological polar surface area (TPSA) is 68.8 Å². The Morgan fingerprint density at radius 1 is 1.17 bits per heavy atom. The van der Waals surface area contributed by atoms with Crippen LogP contribution in [0.3, 0.4) is 0 Å². The number of hydrogen-bond acceptors (Lipinski definition) is 5. The Kier molecular flexibility index (Phi) is 8.54. The summed E-state index contributed by atoms with van der Waals surface area (Å²) >= 11 is 11.5. The summed E-state index contributed by atoms with van der Waals surface area (Å²) in [6.45, 7) is 6.46. The lowest BCUT2D eigenvalue weighted by Crippen LogP contribution is -2.27. The molecular weight excluding hydrogens is 412 g/mol. The average Bonchev–Trinajstić information content (AvgIpc) is 2.67. The lowest BCUT2D eigenvalue weighted by Gasteiger charge is -2.15. The van der Waals surface area contributed by atoms with E-state index in [1.807, 2.05) is 32.0 Å². The van der Waals surface area contributed by atoms with E-state index in [4.69, 9.17) is 38.0 Å². The molecule has 2 N–H and O–H groups in total. The van der Waals surface area contributed by atoms with Crippen molar-refractivity contribution in [1.82, 2.24) is 5.32 Å². The SMILES string of the molecule is CCOC(=O)c1ccc(NC(=S)NCc2ccc(OC(C)C)c(OC)c2)cc1Cl. The highest BCUT2D eigenvalue weighted by Crippen LogP contribution is 2.29. The second-order valence-electron chi connectivity index (χ2n) is 6.37. The highest BCUT2D eigenvalue weighted by molar-refractivity contribution is 7.80. The lowest BCUT2D eigenvalue weighted by atomic mass is 10.2. The molecule has 0 heterocycles. The molecule has 0 aliphatic rings. The normalized spacial score (nSPS) is 10.4. The van der Waals surface area contributed by atoms with Gasteiger partial charge in [0.15, 0.2) is 16.6 Å². The number of halogens is 1. The van der Waals surface area contributed by atoms with Crippen molar-refractivity contribution in [2.45, 2.75) is 33.4 Å². The number of nitrogens with one attached hydrogen (secondary N) is 2. The quantitative estimate of drug-likeness (QED) is 0.455. The molecule has 0 atom stereocenters. The number of hydrogen-bond donors (Lipinski definition) is 2. The number of ether oxygens (including phenoxy) is 3. The minimum Gasteiger partial charge on any atom is -0.493 e. The summed E-state index contributed by atoms with van der Waals surface area (Å²) < 4.78 is 16.1. The van der Waals surface area contributed by atoms with Crippen LogP contribution in [0.1, 0.15) is 36.7 Å². The molecule has 2 aromatic carbocycles. The molecule has 8 heteroatoms. The highest BCUT2D eigenvalue weighted by atomic mass is 35.5. The van der Waals surface area contributed by atoms with Crippen LogP contribution in [0.2, 0.25) is 5.02 Å². The third-order valence-electron chi connectivity index (χ3n) is 3.77. The third kappa shape index (κ3) is 6.80. The monoisotopic (exact) mass is 436 g/mol. The number of thiocarbonyl (C=S) groups is 1. The van der Waals surface area contributed by atoms with Crippen molar-refractivity contribution in [3.63, 3.8) is 0 Å². The molecule has 6 nitrogen and oxygen atoms in total. The van der Waals surface area contributed by atoms with Crippen molar-refractivity contribution < 1.29 is 19.0 Å². The standard InChI is InChI=1S/C21H25ClN2O4S/c1-5-27-20(25)16-8-7-15(11-17(16)22)24-21(29)23-12-14-6-9-18(28-13(2)3)19(10-14)26-4/h6-11,13H,5,12H2,1-4H3,(H2,23,24,29). The van der Waals surface area contributed by atoms with Gasteiger partial charge in [-0.1, -0.05) is 17.7 Å². The van der Waals surface area contributed by atoms with Gasteiger partial charge in [-0.15, -0.1) is 0 Å². The largest absolute Gasteiger partial charge is 0.493 e. The van der Waals surface area contributed by atoms with Crippen LogP contribution in [0.15, 0.2) is 36.4 Å². The second-order valence-corrected chi connectivity index (χ2v) is 7.19. The molecule has 0 amide bonds. The van der Waals surface area contributed by atoms with Gasteiger partial charge < -0.3 is 24.8 Å². The summed E-state index contributed by atoms with van der Waals surface area (Å²) in [6, 6.07) is 10.7. The smallest absolute Gasteiger partial charge is 0.339 e. The number of esters is 1. The predicted octanol–water partition coefficient (Wildman–Crippen LogP) is 4.80. The van der Waals surface area contributed by atoms with Crippen LogP contribution in [0, 0.1) is 0 Å². The molecular formula is C21H25ClN2O4S. The maximum absolute atomic E-state index is 11.8. The van der Waals surface area contributed by atoms with Crippen LogP contribution < -0.4 is 20.1 Å². The third-order valence-corrected chi connectivity index (χ3v) is 4.33. The average molecular weight is 437 g/mol. The van der Waals surface area contributed by atoms with E-state index in [2.05, 4.69) is 10.6 Å². The van der Waals surface area contributed by atoms with Gasteiger partial charge in [0.25, 0.3) is 0 Å². The van der Waals surface area contributed by atoms with Crippen LogP contribution in [-0.2, 0) is 11.3 Å². The van der Waals surface area contributed by atoms with Gasteiger partial charge in [0.05, 0.1) is 30.4 Å². The summed E-state index contributed by atoms with van der Waals surface area (Å²) in [6.07, 6.45) is 0.0618. The van der Waals surface area contributed by atoms with Gasteiger partial charge in [-0.2, -0.15) is 0 Å². The van der Waals surface area contributed by atoms with E-state index in [9.17, 15) is 4.79 Å². The Balaban J connectivity index is 1.96. The molecule has 29 heavy (non-hydrogen) atoms. The van der Waals surface area contributed by atoms with E-state index in [1.165, 1.54) is 0 Å². The molecule has 0 saturated carbocycles. The second kappa shape index (κ2) is 10.9. The van der Waals surface area contributed by atoms with Gasteiger partial charge in [0.1, 0.15) is 0 Å². The first-order chi connectivity index (χ1) is 13.8. The fourth-order valence-corrected chi connectivity index (χ4v) is 2.95. The van der Waals surface area contributed by atoms with Crippen LogP contribution in [0.25, 0.3) is 0 Å². The van der Waals surface area contributed by atoms with Crippen molar-refractivity contribution in [3.8, 4) is 11.5 Å². The summed E-state index contributed by atoms with van der Waals surface area (Å²) in [5, 5.41) is 6.89. The van der Waals surface area contributed by atoms with Gasteiger partial charge in [0, 0.05) is 12.2 Å². The molecule has 2 rings (SSSR count). The van der Waals surface area contributed by atoms with E-state index in [1.54, 1.807) is 32.2 Å². The zero-order chi connectivity index (χ0) is 21.4. The number of carbonyl (C=O) groups is 1. The molecule has 2 aromatic rings. The summed E-state index contributed by atoms with van der Waals surface area (Å²) in [4.78, 5) is 11.8. The van der Waals surface area contributed by atoms with E-state index < -0.39 is 5.97 Å². The van der Waals surface area contributed by atoms with Crippen LogP contribution in [0.5, 0.6) is 11.5 Å². The van der Waals surface area contributed by atoms with Gasteiger partial charge in [0.2, 0.25) is 0 Å². The number of anilines is 1. The molecule has 156 valence electrons. The van der Waals surface area contributed by atoms with E-state index in [-0.39, 0.29) is 6.10 Å². The van der Waals surface area contributed by atoms with E-state index >= 15 is 0 Å². The van der Waals surface area contributed by atoms with Crippen LogP contribution >= 0.6 is 23.8 Å². The fourth-order valence-electron chi connectivity index (χ4n) is 2.50. The molecule has 0 bridgehead atoms. The first kappa shape index (κ1) is 22.8. The lowest BCUT2D eigenvalue weighted by molar-refractivity contribution is 0.0526. The van der Waals surface area contributed by atoms with Gasteiger partial charge >= 0.3 is 5.97 Å². The van der Waals surface area contributed by atoms with Gasteiger partial charge in [-0.3, -0.25) is 0 Å². The minimum absolute atomic E-state index is 0.0618. The Labute approximate surface area is 181 Å². The minimum atomic E-state index is -0.455. The Bertz CT molecular complexity index is 874. The van der Waals surface area contributed by atoms with E-state index in [0.29, 0.717) is 46.0 Å². The van der Waals surface area contributed by atoms with Crippen molar-refractivity contribution in [2.75, 3.05) is 19.0 Å². The first-order valence-corrected chi connectivity index (χ1v) is 9.97. The van der Waals surface area contributed by atoms with Gasteiger partial charge in [-0.25, -0.2) is 4.79 Å². The molecule has 0 spiro atoms.